The Bertz CT molecular complexity index is 1000. The van der Waals surface area contributed by atoms with Crippen LogP contribution in [0.15, 0.2) is 48.2 Å². The maximum atomic E-state index is 12.8. The van der Waals surface area contributed by atoms with Crippen molar-refractivity contribution in [1.82, 2.24) is 34.6 Å². The molecule has 1 aliphatic rings. The number of pyridine rings is 1. The van der Waals surface area contributed by atoms with Gasteiger partial charge >= 0.3 is 0 Å². The molecule has 3 aromatic rings. The lowest BCUT2D eigenvalue weighted by atomic mass is 10.1. The molecule has 1 N–H and O–H groups in total. The average Bonchev–Trinajstić information content (AvgIpc) is 3.26. The summed E-state index contributed by atoms with van der Waals surface area (Å²) in [6.45, 7) is 1.75. The smallest absolute Gasteiger partial charge is 0.263 e. The van der Waals surface area contributed by atoms with Crippen LogP contribution in [0.3, 0.4) is 0 Å². The van der Waals surface area contributed by atoms with Crippen LogP contribution in [-0.2, 0) is 17.9 Å². The van der Waals surface area contributed by atoms with E-state index in [1.165, 1.54) is 23.5 Å². The zero-order valence-electron chi connectivity index (χ0n) is 15.8. The van der Waals surface area contributed by atoms with Gasteiger partial charge in [-0.3, -0.25) is 14.6 Å². The Labute approximate surface area is 166 Å². The predicted molar refractivity (Wildman–Crippen MR) is 102 cm³/mol. The van der Waals surface area contributed by atoms with Crippen molar-refractivity contribution in [2.75, 3.05) is 13.1 Å². The Balaban J connectivity index is 1.38. The second kappa shape index (κ2) is 8.74. The van der Waals surface area contributed by atoms with Crippen molar-refractivity contribution >= 4 is 5.91 Å². The Kier molecular flexibility index (Phi) is 5.71. The second-order valence-electron chi connectivity index (χ2n) is 6.85. The summed E-state index contributed by atoms with van der Waals surface area (Å²) in [5, 5.41) is 3.97. The van der Waals surface area contributed by atoms with Crippen molar-refractivity contribution in [3.8, 4) is 0 Å². The summed E-state index contributed by atoms with van der Waals surface area (Å²) in [6, 6.07) is 3.81. The third-order valence-electron chi connectivity index (χ3n) is 4.73. The number of H-pyrrole nitrogens is 1. The van der Waals surface area contributed by atoms with Crippen LogP contribution >= 0.6 is 0 Å². The lowest BCUT2D eigenvalue weighted by molar-refractivity contribution is -0.00688. The molecule has 1 aliphatic heterocycles. The Hall–Kier alpha value is -3.40. The van der Waals surface area contributed by atoms with Crippen LogP contribution in [0.25, 0.3) is 0 Å². The summed E-state index contributed by atoms with van der Waals surface area (Å²) < 4.78 is 7.48. The predicted octanol–water partition coefficient (Wildman–Crippen LogP) is 0.626. The fourth-order valence-electron chi connectivity index (χ4n) is 3.26. The summed E-state index contributed by atoms with van der Waals surface area (Å²) in [4.78, 5) is 41.7. The highest BCUT2D eigenvalue weighted by molar-refractivity contribution is 5.93. The van der Waals surface area contributed by atoms with E-state index in [4.69, 9.17) is 4.74 Å². The molecule has 1 fully saturated rings. The van der Waals surface area contributed by atoms with Crippen LogP contribution in [0, 0.1) is 0 Å². The van der Waals surface area contributed by atoms with E-state index in [0.717, 1.165) is 18.4 Å². The van der Waals surface area contributed by atoms with Gasteiger partial charge in [0.05, 0.1) is 12.7 Å². The number of ether oxygens (including phenoxy) is 1. The summed E-state index contributed by atoms with van der Waals surface area (Å²) in [5.74, 6) is 0.0779. The molecule has 0 aromatic carbocycles. The first-order valence-electron chi connectivity index (χ1n) is 9.39. The van der Waals surface area contributed by atoms with Gasteiger partial charge in [0.25, 0.3) is 11.5 Å². The number of carbonyl (C=O) groups excluding carboxylic acids is 1. The van der Waals surface area contributed by atoms with Gasteiger partial charge in [0, 0.05) is 31.7 Å². The van der Waals surface area contributed by atoms with Crippen molar-refractivity contribution in [3.63, 3.8) is 0 Å². The molecule has 4 heterocycles. The fraction of sp³-hybridized carbons (Fsp3) is 0.368. The molecule has 0 aliphatic carbocycles. The number of amides is 1. The molecule has 4 rings (SSSR count). The Morgan fingerprint density at radius 2 is 2.24 bits per heavy atom. The first-order valence-corrected chi connectivity index (χ1v) is 9.39. The standard InChI is InChI=1S/C19H21N7O3/c27-18-16(8-22-17(24-18)10-26-13-21-12-23-26)19(28)25-6-2-4-15(9-25)29-11-14-3-1-5-20-7-14/h1,3,5,7-8,12-13,15H,2,4,6,9-11H2,(H,22,24,27)/t15-/m0/s1. The van der Waals surface area contributed by atoms with Crippen molar-refractivity contribution in [1.29, 1.82) is 0 Å². The van der Waals surface area contributed by atoms with Gasteiger partial charge in [-0.1, -0.05) is 6.07 Å². The van der Waals surface area contributed by atoms with Crippen LogP contribution in [0.5, 0.6) is 0 Å². The van der Waals surface area contributed by atoms with Crippen LogP contribution in [0.1, 0.15) is 34.6 Å². The minimum Gasteiger partial charge on any atom is -0.372 e. The quantitative estimate of drug-likeness (QED) is 0.650. The van der Waals surface area contributed by atoms with E-state index in [1.54, 1.807) is 17.3 Å². The van der Waals surface area contributed by atoms with Gasteiger partial charge in [0.2, 0.25) is 0 Å². The van der Waals surface area contributed by atoms with E-state index < -0.39 is 5.56 Å². The van der Waals surface area contributed by atoms with E-state index in [-0.39, 0.29) is 24.1 Å². The van der Waals surface area contributed by atoms with E-state index >= 15 is 0 Å². The van der Waals surface area contributed by atoms with E-state index in [9.17, 15) is 9.59 Å². The molecule has 29 heavy (non-hydrogen) atoms. The van der Waals surface area contributed by atoms with E-state index in [0.29, 0.717) is 25.5 Å². The lowest BCUT2D eigenvalue weighted by Gasteiger charge is -2.32. The Morgan fingerprint density at radius 3 is 3.00 bits per heavy atom. The zero-order valence-corrected chi connectivity index (χ0v) is 15.8. The number of nitrogens with one attached hydrogen (secondary N) is 1. The van der Waals surface area contributed by atoms with Gasteiger partial charge in [0.1, 0.15) is 30.6 Å². The van der Waals surface area contributed by atoms with Crippen LogP contribution in [-0.4, -0.2) is 59.7 Å². The number of aromatic amines is 1. The highest BCUT2D eigenvalue weighted by atomic mass is 16.5. The number of hydrogen-bond donors (Lipinski definition) is 1. The highest BCUT2D eigenvalue weighted by Gasteiger charge is 2.26. The molecule has 1 amide bonds. The molecule has 0 bridgehead atoms. The summed E-state index contributed by atoms with van der Waals surface area (Å²) in [7, 11) is 0. The van der Waals surface area contributed by atoms with Crippen molar-refractivity contribution < 1.29 is 9.53 Å². The lowest BCUT2D eigenvalue weighted by Crippen LogP contribution is -2.44. The SMILES string of the molecule is O=C(c1cnc(Cn2cncn2)[nH]c1=O)N1CCC[C@H](OCc2cccnc2)C1. The van der Waals surface area contributed by atoms with Crippen LogP contribution in [0.2, 0.25) is 0 Å². The van der Waals surface area contributed by atoms with Gasteiger partial charge < -0.3 is 14.6 Å². The first kappa shape index (κ1) is 18.9. The number of nitrogens with zero attached hydrogens (tertiary/aromatic N) is 6. The number of hydrogen-bond acceptors (Lipinski definition) is 7. The maximum Gasteiger partial charge on any atom is 0.263 e. The number of likely N-dealkylation sites (tertiary alicyclic amines) is 1. The zero-order chi connectivity index (χ0) is 20.1. The van der Waals surface area contributed by atoms with Gasteiger partial charge in [0.15, 0.2) is 0 Å². The maximum absolute atomic E-state index is 12.8. The molecule has 1 atom stereocenters. The number of rotatable bonds is 6. The topological polar surface area (TPSA) is 119 Å². The minimum absolute atomic E-state index is 0.0280. The monoisotopic (exact) mass is 395 g/mol. The summed E-state index contributed by atoms with van der Waals surface area (Å²) >= 11 is 0. The van der Waals surface area contributed by atoms with Crippen molar-refractivity contribution in [2.24, 2.45) is 0 Å². The van der Waals surface area contributed by atoms with Crippen molar-refractivity contribution in [2.45, 2.75) is 32.1 Å². The van der Waals surface area contributed by atoms with E-state index in [1.807, 2.05) is 12.1 Å². The molecule has 0 radical (unpaired) electrons. The molecule has 0 unspecified atom stereocenters. The Morgan fingerprint density at radius 1 is 1.31 bits per heavy atom. The number of carbonyl (C=O) groups is 1. The van der Waals surface area contributed by atoms with Crippen LogP contribution < -0.4 is 5.56 Å². The molecule has 1 saturated heterocycles. The molecule has 10 heteroatoms. The fourth-order valence-corrected chi connectivity index (χ4v) is 3.26. The normalized spacial score (nSPS) is 16.7. The van der Waals surface area contributed by atoms with E-state index in [2.05, 4.69) is 25.0 Å². The number of piperidine rings is 1. The van der Waals surface area contributed by atoms with Gasteiger partial charge in [-0.25, -0.2) is 14.6 Å². The summed E-state index contributed by atoms with van der Waals surface area (Å²) in [6.07, 6.45) is 9.34. The van der Waals surface area contributed by atoms with Gasteiger partial charge in [-0.2, -0.15) is 5.10 Å². The molecular weight excluding hydrogens is 374 g/mol. The molecule has 3 aromatic heterocycles. The van der Waals surface area contributed by atoms with Crippen molar-refractivity contribution in [3.05, 3.63) is 70.7 Å². The average molecular weight is 395 g/mol. The van der Waals surface area contributed by atoms with Gasteiger partial charge in [-0.15, -0.1) is 0 Å². The first-order chi connectivity index (χ1) is 14.2. The minimum atomic E-state index is -0.460. The highest BCUT2D eigenvalue weighted by Crippen LogP contribution is 2.16. The summed E-state index contributed by atoms with van der Waals surface area (Å²) in [5.41, 5.74) is 0.554. The molecule has 10 nitrogen and oxygen atoms in total. The largest absolute Gasteiger partial charge is 0.372 e. The van der Waals surface area contributed by atoms with Crippen LogP contribution in [0.4, 0.5) is 0 Å². The molecule has 0 saturated carbocycles. The third kappa shape index (κ3) is 4.72. The third-order valence-corrected chi connectivity index (χ3v) is 4.73. The second-order valence-corrected chi connectivity index (χ2v) is 6.85. The molecular formula is C19H21N7O3. The number of aromatic nitrogens is 6. The van der Waals surface area contributed by atoms with Gasteiger partial charge in [-0.05, 0) is 24.5 Å². The molecule has 0 spiro atoms. The molecule has 150 valence electrons.